The van der Waals surface area contributed by atoms with E-state index in [1.807, 2.05) is 99.3 Å². The summed E-state index contributed by atoms with van der Waals surface area (Å²) in [6, 6.07) is 21.7. The van der Waals surface area contributed by atoms with Gasteiger partial charge < -0.3 is 10.2 Å². The molecule has 0 fully saturated rings. The van der Waals surface area contributed by atoms with E-state index in [4.69, 9.17) is 0 Å². The Morgan fingerprint density at radius 2 is 1.52 bits per heavy atom. The highest BCUT2D eigenvalue weighted by Crippen LogP contribution is 2.25. The van der Waals surface area contributed by atoms with Crippen molar-refractivity contribution in [2.75, 3.05) is 10.2 Å². The monoisotopic (exact) mass is 359 g/mol. The average Bonchev–Trinajstić information content (AvgIpc) is 2.64. The van der Waals surface area contributed by atoms with Gasteiger partial charge in [0.1, 0.15) is 0 Å². The maximum absolute atomic E-state index is 13.2. The zero-order chi connectivity index (χ0) is 19.4. The molecule has 0 aliphatic rings. The average molecular weight is 359 g/mol. The molecular weight excluding hydrogens is 334 g/mol. The molecule has 1 aromatic heterocycles. The van der Waals surface area contributed by atoms with Gasteiger partial charge in [-0.05, 0) is 76.2 Å². The lowest BCUT2D eigenvalue weighted by Gasteiger charge is -2.27. The highest BCUT2D eigenvalue weighted by Gasteiger charge is 2.22. The Hall–Kier alpha value is -3.14. The third-order valence-electron chi connectivity index (χ3n) is 4.40. The molecule has 0 saturated carbocycles. The molecule has 0 saturated heterocycles. The zero-order valence-electron chi connectivity index (χ0n) is 16.2. The molecule has 1 N–H and O–H groups in total. The van der Waals surface area contributed by atoms with Crippen LogP contribution in [0.1, 0.15) is 35.6 Å². The predicted molar refractivity (Wildman–Crippen MR) is 112 cm³/mol. The maximum atomic E-state index is 13.2. The van der Waals surface area contributed by atoms with Crippen molar-refractivity contribution in [3.63, 3.8) is 0 Å². The van der Waals surface area contributed by atoms with Crippen LogP contribution in [-0.4, -0.2) is 16.9 Å². The minimum Gasteiger partial charge on any atom is -0.356 e. The molecule has 0 radical (unpaired) electrons. The number of aryl methyl sites for hydroxylation is 2. The minimum atomic E-state index is -0.0289. The fourth-order valence-corrected chi connectivity index (χ4v) is 3.09. The summed E-state index contributed by atoms with van der Waals surface area (Å²) < 4.78 is 0. The van der Waals surface area contributed by atoms with E-state index in [2.05, 4.69) is 10.3 Å². The van der Waals surface area contributed by atoms with Crippen molar-refractivity contribution in [3.05, 3.63) is 83.7 Å². The van der Waals surface area contributed by atoms with Crippen molar-refractivity contribution < 1.29 is 4.79 Å². The third kappa shape index (κ3) is 4.34. The molecule has 0 aliphatic carbocycles. The summed E-state index contributed by atoms with van der Waals surface area (Å²) in [6.07, 6.45) is 0. The van der Waals surface area contributed by atoms with E-state index < -0.39 is 0 Å². The quantitative estimate of drug-likeness (QED) is 0.654. The van der Waals surface area contributed by atoms with E-state index in [0.29, 0.717) is 5.56 Å². The Morgan fingerprint density at radius 3 is 2.11 bits per heavy atom. The number of nitrogens with zero attached hydrogens (tertiary/aromatic N) is 2. The number of rotatable bonds is 5. The van der Waals surface area contributed by atoms with Crippen LogP contribution in [0.3, 0.4) is 0 Å². The molecule has 1 heterocycles. The Bertz CT molecular complexity index is 918. The van der Waals surface area contributed by atoms with E-state index in [0.717, 1.165) is 28.5 Å². The summed E-state index contributed by atoms with van der Waals surface area (Å²) in [4.78, 5) is 19.4. The second kappa shape index (κ2) is 8.04. The van der Waals surface area contributed by atoms with E-state index in [9.17, 15) is 4.79 Å². The summed E-state index contributed by atoms with van der Waals surface area (Å²) in [5, 5.41) is 3.36. The molecule has 3 rings (SSSR count). The number of hydrogen-bond donors (Lipinski definition) is 1. The predicted octanol–water partition coefficient (Wildman–Crippen LogP) is 5.50. The van der Waals surface area contributed by atoms with Crippen LogP contribution in [0.5, 0.6) is 0 Å². The Balaban J connectivity index is 1.85. The van der Waals surface area contributed by atoms with E-state index in [1.54, 1.807) is 0 Å². The largest absolute Gasteiger partial charge is 0.356 e. The Labute approximate surface area is 160 Å². The molecule has 27 heavy (non-hydrogen) atoms. The number of benzene rings is 2. The number of carbonyl (C=O) groups excluding carboxylic acids is 1. The molecule has 0 bridgehead atoms. The highest BCUT2D eigenvalue weighted by molar-refractivity contribution is 6.07. The summed E-state index contributed by atoms with van der Waals surface area (Å²) in [6.45, 7) is 7.85. The Kier molecular flexibility index (Phi) is 5.55. The topological polar surface area (TPSA) is 45.2 Å². The van der Waals surface area contributed by atoms with Gasteiger partial charge in [-0.25, -0.2) is 0 Å². The van der Waals surface area contributed by atoms with Gasteiger partial charge in [0.2, 0.25) is 0 Å². The number of para-hydroxylation sites is 1. The van der Waals surface area contributed by atoms with E-state index in [-0.39, 0.29) is 11.9 Å². The molecule has 4 nitrogen and oxygen atoms in total. The number of carbonyl (C=O) groups is 1. The number of hydrogen-bond acceptors (Lipinski definition) is 3. The lowest BCUT2D eigenvalue weighted by atomic mass is 10.1. The second-order valence-electron chi connectivity index (χ2n) is 6.89. The van der Waals surface area contributed by atoms with Crippen LogP contribution in [0.2, 0.25) is 0 Å². The maximum Gasteiger partial charge on any atom is 0.260 e. The summed E-state index contributed by atoms with van der Waals surface area (Å²) >= 11 is 0. The van der Waals surface area contributed by atoms with Gasteiger partial charge in [0.05, 0.1) is 11.3 Å². The van der Waals surface area contributed by atoms with Gasteiger partial charge in [-0.2, -0.15) is 0 Å². The van der Waals surface area contributed by atoms with Crippen molar-refractivity contribution in [1.82, 2.24) is 4.98 Å². The van der Waals surface area contributed by atoms with Gasteiger partial charge in [-0.15, -0.1) is 0 Å². The van der Waals surface area contributed by atoms with Crippen molar-refractivity contribution in [1.29, 1.82) is 0 Å². The van der Waals surface area contributed by atoms with Gasteiger partial charge in [-0.3, -0.25) is 9.78 Å². The first-order valence-corrected chi connectivity index (χ1v) is 9.15. The van der Waals surface area contributed by atoms with Gasteiger partial charge in [0.15, 0.2) is 0 Å². The molecule has 0 aliphatic heterocycles. The van der Waals surface area contributed by atoms with Gasteiger partial charge in [0, 0.05) is 28.8 Å². The molecule has 0 unspecified atom stereocenters. The summed E-state index contributed by atoms with van der Waals surface area (Å²) in [5.41, 5.74) is 5.19. The number of pyridine rings is 1. The van der Waals surface area contributed by atoms with Crippen LogP contribution in [0, 0.1) is 13.8 Å². The lowest BCUT2D eigenvalue weighted by Crippen LogP contribution is -2.37. The second-order valence-corrected chi connectivity index (χ2v) is 6.89. The van der Waals surface area contributed by atoms with E-state index >= 15 is 0 Å². The molecule has 0 spiro atoms. The van der Waals surface area contributed by atoms with Crippen molar-refractivity contribution in [2.24, 2.45) is 0 Å². The summed E-state index contributed by atoms with van der Waals surface area (Å²) in [7, 11) is 0. The first-order valence-electron chi connectivity index (χ1n) is 9.15. The molecule has 4 heteroatoms. The highest BCUT2D eigenvalue weighted by atomic mass is 16.2. The lowest BCUT2D eigenvalue weighted by molar-refractivity contribution is 0.0979. The first kappa shape index (κ1) is 18.6. The number of nitrogens with one attached hydrogen (secondary N) is 1. The first-order chi connectivity index (χ1) is 13.0. The van der Waals surface area contributed by atoms with Gasteiger partial charge >= 0.3 is 0 Å². The van der Waals surface area contributed by atoms with Crippen molar-refractivity contribution in [3.8, 4) is 0 Å². The van der Waals surface area contributed by atoms with Crippen molar-refractivity contribution in [2.45, 2.75) is 33.7 Å². The number of anilines is 3. The van der Waals surface area contributed by atoms with Crippen LogP contribution in [0.15, 0.2) is 66.7 Å². The fraction of sp³-hybridized carbons (Fsp3) is 0.217. The van der Waals surface area contributed by atoms with E-state index in [1.165, 1.54) is 0 Å². The van der Waals surface area contributed by atoms with Gasteiger partial charge in [0.25, 0.3) is 5.91 Å². The molecular formula is C23H25N3O. The number of aromatic nitrogens is 1. The van der Waals surface area contributed by atoms with Crippen molar-refractivity contribution >= 4 is 23.0 Å². The van der Waals surface area contributed by atoms with Gasteiger partial charge in [-0.1, -0.05) is 18.2 Å². The van der Waals surface area contributed by atoms with Crippen LogP contribution >= 0.6 is 0 Å². The molecule has 2 aromatic carbocycles. The normalized spacial score (nSPS) is 10.7. The smallest absolute Gasteiger partial charge is 0.260 e. The minimum absolute atomic E-state index is 0.0289. The zero-order valence-corrected chi connectivity index (χ0v) is 16.2. The molecule has 0 atom stereocenters. The Morgan fingerprint density at radius 1 is 0.889 bits per heavy atom. The van der Waals surface area contributed by atoms with Crippen LogP contribution in [-0.2, 0) is 0 Å². The standard InChI is InChI=1S/C23H25N3O/c1-16(2)26(23(27)22-15-10-17(3)24-18(22)4)21-13-11-20(12-14-21)25-19-8-6-5-7-9-19/h5-16,25H,1-4H3. The molecule has 3 aromatic rings. The fourth-order valence-electron chi connectivity index (χ4n) is 3.09. The number of amides is 1. The molecule has 138 valence electrons. The molecule has 1 amide bonds. The van der Waals surface area contributed by atoms with Crippen LogP contribution in [0.4, 0.5) is 17.1 Å². The van der Waals surface area contributed by atoms with Crippen LogP contribution in [0.25, 0.3) is 0 Å². The van der Waals surface area contributed by atoms with Crippen LogP contribution < -0.4 is 10.2 Å². The third-order valence-corrected chi connectivity index (χ3v) is 4.40. The SMILES string of the molecule is Cc1ccc(C(=O)N(c2ccc(Nc3ccccc3)cc2)C(C)C)c(C)n1. The summed E-state index contributed by atoms with van der Waals surface area (Å²) in [5.74, 6) is -0.0289.